The van der Waals surface area contributed by atoms with E-state index in [2.05, 4.69) is 6.72 Å². The van der Waals surface area contributed by atoms with Crippen molar-refractivity contribution in [3.63, 3.8) is 0 Å². The molecular weight excluding hydrogens is 70.0 g/mol. The largest absolute Gasteiger partial charge is 0.617 e. The van der Waals surface area contributed by atoms with Crippen LogP contribution in [-0.2, 0) is 4.79 Å². The number of nitrogens with zero attached hydrogens (tertiary/aromatic N) is 1. The molecule has 3 nitrogen and oxygen atoms in total. The van der Waals surface area contributed by atoms with E-state index in [4.69, 9.17) is 4.79 Å². The minimum absolute atomic E-state index is 0.0556. The second-order valence-electron chi connectivity index (χ2n) is 0.522. The smallest absolute Gasteiger partial charge is 0.385 e. The Kier molecular flexibility index (Phi) is 1.21. The fourth-order valence-corrected chi connectivity index (χ4v) is 0. The molecule has 0 aromatic carbocycles. The first-order chi connectivity index (χ1) is 2.27. The summed E-state index contributed by atoms with van der Waals surface area (Å²) in [5.41, 5.74) is 0. The lowest BCUT2D eigenvalue weighted by Crippen LogP contribution is -1.91. The Morgan fingerprint density at radius 1 is 2.00 bits per heavy atom. The van der Waals surface area contributed by atoms with Crippen LogP contribution in [0.5, 0.6) is 0 Å². The standard InChI is InChI=1S/C2H3NO2/c1-3(5)2-4/h2H,1H2. The number of amides is 1. The van der Waals surface area contributed by atoms with Gasteiger partial charge in [-0.05, 0) is 0 Å². The van der Waals surface area contributed by atoms with Crippen LogP contribution in [0.2, 0.25) is 0 Å². The lowest BCUT2D eigenvalue weighted by atomic mass is 11.3. The third kappa shape index (κ3) is 3.14. The zero-order valence-corrected chi connectivity index (χ0v) is 2.55. The van der Waals surface area contributed by atoms with Crippen molar-refractivity contribution in [2.45, 2.75) is 0 Å². The maximum atomic E-state index is 9.25. The number of hydrogen-bond acceptors (Lipinski definition) is 2. The van der Waals surface area contributed by atoms with Gasteiger partial charge in [-0.1, -0.05) is 0 Å². The molecule has 0 heterocycles. The molecule has 3 heteroatoms. The van der Waals surface area contributed by atoms with Crippen LogP contribution >= 0.6 is 0 Å². The molecule has 0 rings (SSSR count). The molecule has 0 fully saturated rings. The first kappa shape index (κ1) is 4.14. The van der Waals surface area contributed by atoms with Gasteiger partial charge in [-0.15, -0.1) is 0 Å². The van der Waals surface area contributed by atoms with E-state index in [1.807, 2.05) is 0 Å². The van der Waals surface area contributed by atoms with Gasteiger partial charge in [0.1, 0.15) is 6.72 Å². The van der Waals surface area contributed by atoms with Gasteiger partial charge in [0.25, 0.3) is 0 Å². The van der Waals surface area contributed by atoms with E-state index in [-0.39, 0.29) is 11.1 Å². The summed E-state index contributed by atoms with van der Waals surface area (Å²) in [4.78, 5) is 9.06. The SMILES string of the molecule is C=[N+]([O-])C=O. The second kappa shape index (κ2) is 1.46. The molecule has 1 amide bonds. The topological polar surface area (TPSA) is 43.1 Å². The zero-order valence-electron chi connectivity index (χ0n) is 2.55. The van der Waals surface area contributed by atoms with Gasteiger partial charge in [-0.3, -0.25) is 0 Å². The van der Waals surface area contributed by atoms with Crippen LogP contribution in [0.3, 0.4) is 0 Å². The highest BCUT2D eigenvalue weighted by Crippen LogP contribution is 1.41. The Morgan fingerprint density at radius 3 is 2.20 bits per heavy atom. The normalized spacial score (nSPS) is 6.40. The number of hydroxylamine groups is 1. The average molecular weight is 73.1 g/mol. The highest BCUT2D eigenvalue weighted by atomic mass is 16.5. The van der Waals surface area contributed by atoms with Crippen molar-refractivity contribution < 1.29 is 9.53 Å². The summed E-state index contributed by atoms with van der Waals surface area (Å²) in [5, 5.41) is 9.25. The van der Waals surface area contributed by atoms with E-state index in [0.717, 1.165) is 0 Å². The van der Waals surface area contributed by atoms with E-state index in [9.17, 15) is 5.21 Å². The summed E-state index contributed by atoms with van der Waals surface area (Å²) < 4.78 is -0.0556. The summed E-state index contributed by atoms with van der Waals surface area (Å²) in [6, 6.07) is 0. The van der Waals surface area contributed by atoms with Gasteiger partial charge in [0.2, 0.25) is 0 Å². The fraction of sp³-hybridized carbons (Fsp3) is 0. The molecule has 0 aromatic rings. The Bertz CT molecular complexity index is 58.7. The molecule has 0 atom stereocenters. The van der Waals surface area contributed by atoms with E-state index in [1.54, 1.807) is 0 Å². The quantitative estimate of drug-likeness (QED) is 0.136. The Balaban J connectivity index is 3.20. The predicted molar refractivity (Wildman–Crippen MR) is 16.8 cm³/mol. The molecule has 0 aromatic heterocycles. The third-order valence-electron chi connectivity index (χ3n) is 0.118. The molecule has 0 radical (unpaired) electrons. The highest BCUT2D eigenvalue weighted by molar-refractivity contribution is 5.40. The van der Waals surface area contributed by atoms with Gasteiger partial charge >= 0.3 is 6.41 Å². The van der Waals surface area contributed by atoms with Crippen molar-refractivity contribution >= 4 is 13.1 Å². The molecule has 0 unspecified atom stereocenters. The molecule has 0 saturated carbocycles. The van der Waals surface area contributed by atoms with Crippen LogP contribution in [0.1, 0.15) is 0 Å². The maximum Gasteiger partial charge on any atom is 0.385 e. The van der Waals surface area contributed by atoms with Gasteiger partial charge in [-0.25, -0.2) is 4.79 Å². The monoisotopic (exact) mass is 73.0 g/mol. The molecule has 0 N–H and O–H groups in total. The van der Waals surface area contributed by atoms with Crippen molar-refractivity contribution in [1.82, 2.24) is 0 Å². The van der Waals surface area contributed by atoms with Gasteiger partial charge in [0.15, 0.2) is 0 Å². The molecule has 5 heavy (non-hydrogen) atoms. The summed E-state index contributed by atoms with van der Waals surface area (Å²) in [5.74, 6) is 0. The Hall–Kier alpha value is -0.860. The van der Waals surface area contributed by atoms with Crippen molar-refractivity contribution in [3.05, 3.63) is 5.21 Å². The first-order valence-electron chi connectivity index (χ1n) is 0.993. The zero-order chi connectivity index (χ0) is 4.28. The van der Waals surface area contributed by atoms with E-state index >= 15 is 0 Å². The van der Waals surface area contributed by atoms with Gasteiger partial charge in [0, 0.05) is 0 Å². The summed E-state index contributed by atoms with van der Waals surface area (Å²) in [6.45, 7) is 2.67. The summed E-state index contributed by atoms with van der Waals surface area (Å²) in [7, 11) is 0. The van der Waals surface area contributed by atoms with Crippen molar-refractivity contribution in [2.75, 3.05) is 0 Å². The van der Waals surface area contributed by atoms with Crippen LogP contribution in [0, 0.1) is 5.21 Å². The third-order valence-corrected chi connectivity index (χ3v) is 0.118. The molecule has 0 bridgehead atoms. The Morgan fingerprint density at radius 2 is 2.20 bits per heavy atom. The van der Waals surface area contributed by atoms with Crippen LogP contribution in [0.4, 0.5) is 0 Å². The number of rotatable bonds is 1. The van der Waals surface area contributed by atoms with Crippen LogP contribution in [-0.4, -0.2) is 17.9 Å². The minimum Gasteiger partial charge on any atom is -0.617 e. The van der Waals surface area contributed by atoms with Crippen LogP contribution < -0.4 is 0 Å². The molecular formula is C2H3NO2. The molecule has 0 spiro atoms. The lowest BCUT2D eigenvalue weighted by molar-refractivity contribution is -0.354. The van der Waals surface area contributed by atoms with E-state index in [1.165, 1.54) is 0 Å². The molecule has 0 aliphatic carbocycles. The maximum absolute atomic E-state index is 9.25. The van der Waals surface area contributed by atoms with Crippen molar-refractivity contribution in [1.29, 1.82) is 0 Å². The first-order valence-corrected chi connectivity index (χ1v) is 0.993. The van der Waals surface area contributed by atoms with Crippen LogP contribution in [0.25, 0.3) is 0 Å². The van der Waals surface area contributed by atoms with Crippen molar-refractivity contribution in [3.8, 4) is 0 Å². The predicted octanol–water partition coefficient (Wildman–Crippen LogP) is -0.646. The highest BCUT2D eigenvalue weighted by Gasteiger charge is 1.64. The van der Waals surface area contributed by atoms with Crippen LogP contribution in [0.15, 0.2) is 0 Å². The van der Waals surface area contributed by atoms with Gasteiger partial charge < -0.3 is 5.21 Å². The Labute approximate surface area is 29.1 Å². The molecule has 0 aliphatic heterocycles. The fourth-order valence-electron chi connectivity index (χ4n) is 0. The molecule has 0 saturated heterocycles. The van der Waals surface area contributed by atoms with Gasteiger partial charge in [0.05, 0.1) is 0 Å². The number of hydrogen-bond donors (Lipinski definition) is 0. The minimum atomic E-state index is -0.0556. The lowest BCUT2D eigenvalue weighted by Gasteiger charge is -1.79. The molecule has 28 valence electrons. The number of carbonyl (C=O) groups is 1. The van der Waals surface area contributed by atoms with Gasteiger partial charge in [-0.2, -0.15) is 4.74 Å². The average Bonchev–Trinajstić information content (AvgIpc) is 1.38. The van der Waals surface area contributed by atoms with E-state index < -0.39 is 0 Å². The number of carbonyl (C=O) groups excluding carboxylic acids is 1. The summed E-state index contributed by atoms with van der Waals surface area (Å²) in [6.07, 6.45) is 0.0833. The summed E-state index contributed by atoms with van der Waals surface area (Å²) >= 11 is 0. The van der Waals surface area contributed by atoms with E-state index in [0.29, 0.717) is 0 Å². The molecule has 0 aliphatic rings. The van der Waals surface area contributed by atoms with Crippen molar-refractivity contribution in [2.24, 2.45) is 0 Å². The second-order valence-corrected chi connectivity index (χ2v) is 0.522.